The number of furan rings is 1. The molecule has 2 aromatic heterocycles. The molecule has 0 aliphatic rings. The van der Waals surface area contributed by atoms with Gasteiger partial charge in [0.15, 0.2) is 0 Å². The molecule has 0 aliphatic carbocycles. The molecule has 0 aromatic carbocycles. The second-order valence-corrected chi connectivity index (χ2v) is 4.58. The fourth-order valence-corrected chi connectivity index (χ4v) is 1.85. The minimum atomic E-state index is -0.119. The van der Waals surface area contributed by atoms with Crippen LogP contribution in [0.3, 0.4) is 0 Å². The van der Waals surface area contributed by atoms with E-state index in [2.05, 4.69) is 4.98 Å². The van der Waals surface area contributed by atoms with Crippen LogP contribution in [0.15, 0.2) is 28.8 Å². The van der Waals surface area contributed by atoms with Gasteiger partial charge in [-0.15, -0.1) is 0 Å². The maximum atomic E-state index is 12.3. The zero-order chi connectivity index (χ0) is 14.0. The summed E-state index contributed by atoms with van der Waals surface area (Å²) in [6, 6.07) is 5.39. The third kappa shape index (κ3) is 2.93. The van der Waals surface area contributed by atoms with E-state index in [1.807, 2.05) is 19.1 Å². The zero-order valence-corrected chi connectivity index (χ0v) is 11.3. The van der Waals surface area contributed by atoms with Crippen molar-refractivity contribution in [2.75, 3.05) is 12.8 Å². The first-order valence-electron chi connectivity index (χ1n) is 6.00. The molecule has 0 saturated carbocycles. The van der Waals surface area contributed by atoms with Gasteiger partial charge in [-0.2, -0.15) is 0 Å². The van der Waals surface area contributed by atoms with E-state index in [1.165, 1.54) is 0 Å². The van der Waals surface area contributed by atoms with Gasteiger partial charge >= 0.3 is 0 Å². The molecule has 0 aliphatic heterocycles. The van der Waals surface area contributed by atoms with Crippen molar-refractivity contribution in [1.29, 1.82) is 0 Å². The lowest BCUT2D eigenvalue weighted by Crippen LogP contribution is -2.27. The highest BCUT2D eigenvalue weighted by Gasteiger charge is 2.16. The van der Waals surface area contributed by atoms with E-state index in [1.54, 1.807) is 31.1 Å². The normalized spacial score (nSPS) is 10.5. The standard InChI is InChI=1S/C14H17N3O2/c1-9-4-5-12(19-9)8-17(3)14(18)13-6-11(15)7-16-10(13)2/h4-7H,8,15H2,1-3H3. The number of carbonyl (C=O) groups is 1. The first-order valence-corrected chi connectivity index (χ1v) is 6.00. The van der Waals surface area contributed by atoms with Gasteiger partial charge in [0.2, 0.25) is 0 Å². The number of nitrogens with zero attached hydrogens (tertiary/aromatic N) is 2. The molecule has 0 fully saturated rings. The predicted molar refractivity (Wildman–Crippen MR) is 72.6 cm³/mol. The lowest BCUT2D eigenvalue weighted by atomic mass is 10.1. The summed E-state index contributed by atoms with van der Waals surface area (Å²) in [5.41, 5.74) is 7.34. The summed E-state index contributed by atoms with van der Waals surface area (Å²) >= 11 is 0. The zero-order valence-electron chi connectivity index (χ0n) is 11.3. The van der Waals surface area contributed by atoms with E-state index in [9.17, 15) is 4.79 Å². The second-order valence-electron chi connectivity index (χ2n) is 4.58. The summed E-state index contributed by atoms with van der Waals surface area (Å²) < 4.78 is 5.46. The van der Waals surface area contributed by atoms with Crippen molar-refractivity contribution in [3.8, 4) is 0 Å². The van der Waals surface area contributed by atoms with Crippen LogP contribution in [0.1, 0.15) is 27.6 Å². The van der Waals surface area contributed by atoms with Crippen molar-refractivity contribution >= 4 is 11.6 Å². The monoisotopic (exact) mass is 259 g/mol. The third-order valence-electron chi connectivity index (χ3n) is 2.87. The quantitative estimate of drug-likeness (QED) is 0.916. The van der Waals surface area contributed by atoms with Crippen LogP contribution in [0, 0.1) is 13.8 Å². The van der Waals surface area contributed by atoms with Gasteiger partial charge in [0, 0.05) is 7.05 Å². The Morgan fingerprint density at radius 2 is 2.16 bits per heavy atom. The van der Waals surface area contributed by atoms with E-state index in [0.29, 0.717) is 23.5 Å². The Bertz CT molecular complexity index is 604. The highest BCUT2D eigenvalue weighted by Crippen LogP contribution is 2.14. The predicted octanol–water partition coefficient (Wildman–Crippen LogP) is 2.15. The summed E-state index contributed by atoms with van der Waals surface area (Å²) in [5.74, 6) is 1.46. The largest absolute Gasteiger partial charge is 0.464 e. The minimum Gasteiger partial charge on any atom is -0.464 e. The van der Waals surface area contributed by atoms with Gasteiger partial charge in [-0.3, -0.25) is 9.78 Å². The molecule has 2 N–H and O–H groups in total. The Morgan fingerprint density at radius 1 is 1.42 bits per heavy atom. The number of nitrogens with two attached hydrogens (primary N) is 1. The van der Waals surface area contributed by atoms with E-state index in [4.69, 9.17) is 10.2 Å². The minimum absolute atomic E-state index is 0.119. The topological polar surface area (TPSA) is 72.4 Å². The molecule has 0 radical (unpaired) electrons. The fraction of sp³-hybridized carbons (Fsp3) is 0.286. The molecule has 0 spiro atoms. The van der Waals surface area contributed by atoms with Crippen molar-refractivity contribution < 1.29 is 9.21 Å². The van der Waals surface area contributed by atoms with Crippen LogP contribution < -0.4 is 5.73 Å². The van der Waals surface area contributed by atoms with Gasteiger partial charge in [0.25, 0.3) is 5.91 Å². The fourth-order valence-electron chi connectivity index (χ4n) is 1.85. The van der Waals surface area contributed by atoms with Crippen LogP contribution in [0.2, 0.25) is 0 Å². The van der Waals surface area contributed by atoms with Crippen LogP contribution in [0.4, 0.5) is 5.69 Å². The highest BCUT2D eigenvalue weighted by atomic mass is 16.3. The van der Waals surface area contributed by atoms with Crippen LogP contribution in [0.5, 0.6) is 0 Å². The van der Waals surface area contributed by atoms with Gasteiger partial charge in [-0.1, -0.05) is 0 Å². The van der Waals surface area contributed by atoms with Crippen molar-refractivity contribution in [1.82, 2.24) is 9.88 Å². The molecule has 2 aromatic rings. The molecule has 1 amide bonds. The molecule has 2 heterocycles. The Balaban J connectivity index is 2.16. The molecule has 100 valence electrons. The Kier molecular flexibility index (Phi) is 3.55. The van der Waals surface area contributed by atoms with E-state index in [-0.39, 0.29) is 5.91 Å². The van der Waals surface area contributed by atoms with E-state index in [0.717, 1.165) is 11.5 Å². The first-order chi connectivity index (χ1) is 8.97. The van der Waals surface area contributed by atoms with Crippen LogP contribution in [-0.2, 0) is 6.54 Å². The molecule has 5 heteroatoms. The SMILES string of the molecule is Cc1ccc(CN(C)C(=O)c2cc(N)cnc2C)o1. The molecular weight excluding hydrogens is 242 g/mol. The highest BCUT2D eigenvalue weighted by molar-refractivity contribution is 5.95. The number of hydrogen-bond donors (Lipinski definition) is 1. The molecule has 0 unspecified atom stereocenters. The van der Waals surface area contributed by atoms with Crippen molar-refractivity contribution in [2.45, 2.75) is 20.4 Å². The van der Waals surface area contributed by atoms with Gasteiger partial charge in [0.1, 0.15) is 11.5 Å². The molecule has 0 saturated heterocycles. The van der Waals surface area contributed by atoms with Gasteiger partial charge in [-0.05, 0) is 32.0 Å². The van der Waals surface area contributed by atoms with Crippen molar-refractivity contribution in [3.63, 3.8) is 0 Å². The average molecular weight is 259 g/mol. The van der Waals surface area contributed by atoms with Crippen molar-refractivity contribution in [3.05, 3.63) is 47.2 Å². The van der Waals surface area contributed by atoms with Crippen LogP contribution >= 0.6 is 0 Å². The number of aromatic nitrogens is 1. The maximum absolute atomic E-state index is 12.3. The third-order valence-corrected chi connectivity index (χ3v) is 2.87. The molecule has 0 atom stereocenters. The number of anilines is 1. The number of carbonyl (C=O) groups excluding carboxylic acids is 1. The smallest absolute Gasteiger partial charge is 0.255 e. The lowest BCUT2D eigenvalue weighted by molar-refractivity contribution is 0.0774. The number of hydrogen-bond acceptors (Lipinski definition) is 4. The van der Waals surface area contributed by atoms with Crippen LogP contribution in [0.25, 0.3) is 0 Å². The number of pyridine rings is 1. The number of aryl methyl sites for hydroxylation is 2. The maximum Gasteiger partial charge on any atom is 0.255 e. The summed E-state index contributed by atoms with van der Waals surface area (Å²) in [6.07, 6.45) is 1.54. The summed E-state index contributed by atoms with van der Waals surface area (Å²) in [7, 11) is 1.73. The molecule has 0 bridgehead atoms. The Labute approximate surface area is 112 Å². The molecule has 2 rings (SSSR count). The summed E-state index contributed by atoms with van der Waals surface area (Å²) in [6.45, 7) is 4.08. The molecular formula is C14H17N3O2. The van der Waals surface area contributed by atoms with Crippen LogP contribution in [-0.4, -0.2) is 22.8 Å². The number of amides is 1. The molecule has 5 nitrogen and oxygen atoms in total. The number of rotatable bonds is 3. The average Bonchev–Trinajstić information content (AvgIpc) is 2.77. The molecule has 19 heavy (non-hydrogen) atoms. The second kappa shape index (κ2) is 5.14. The lowest BCUT2D eigenvalue weighted by Gasteiger charge is -2.17. The summed E-state index contributed by atoms with van der Waals surface area (Å²) in [5, 5.41) is 0. The van der Waals surface area contributed by atoms with Gasteiger partial charge in [0.05, 0.1) is 29.7 Å². The van der Waals surface area contributed by atoms with E-state index >= 15 is 0 Å². The van der Waals surface area contributed by atoms with Gasteiger partial charge < -0.3 is 15.1 Å². The number of nitrogen functional groups attached to an aromatic ring is 1. The van der Waals surface area contributed by atoms with E-state index < -0.39 is 0 Å². The van der Waals surface area contributed by atoms with Crippen molar-refractivity contribution in [2.24, 2.45) is 0 Å². The van der Waals surface area contributed by atoms with Gasteiger partial charge in [-0.25, -0.2) is 0 Å². The Morgan fingerprint density at radius 3 is 2.79 bits per heavy atom. The Hall–Kier alpha value is -2.30. The summed E-state index contributed by atoms with van der Waals surface area (Å²) in [4.78, 5) is 18.0. The first kappa shape index (κ1) is 13.1.